The van der Waals surface area contributed by atoms with Crippen molar-refractivity contribution >= 4 is 0 Å². The standard InChI is InChI=1S/C15H21N/c1-13-7-5-9-14(2)15(3)10-12-16(4)11-6-8-13/h5-12,15H,1-4H3/b7-5?,11-6-,12-10-,13-8?,14-9+/t15-/m1/s1. The molecule has 86 valence electrons. The SMILES string of the molecule is CC1=C/C=C\N(C)/C=C\[C@@H](C)/C(C)=C/C=C1. The Morgan fingerprint density at radius 1 is 1.06 bits per heavy atom. The molecule has 0 aromatic carbocycles. The van der Waals surface area contributed by atoms with E-state index in [0.717, 1.165) is 0 Å². The van der Waals surface area contributed by atoms with Gasteiger partial charge in [-0.05, 0) is 32.0 Å². The summed E-state index contributed by atoms with van der Waals surface area (Å²) in [5.74, 6) is 0.476. The van der Waals surface area contributed by atoms with Crippen molar-refractivity contribution in [2.45, 2.75) is 20.8 Å². The quantitative estimate of drug-likeness (QED) is 0.589. The van der Waals surface area contributed by atoms with Gasteiger partial charge in [0.2, 0.25) is 0 Å². The minimum Gasteiger partial charge on any atom is -0.358 e. The minimum absolute atomic E-state index is 0.476. The van der Waals surface area contributed by atoms with Crippen molar-refractivity contribution < 1.29 is 0 Å². The van der Waals surface area contributed by atoms with Gasteiger partial charge in [-0.3, -0.25) is 0 Å². The molecule has 0 aromatic rings. The Balaban J connectivity index is 2.97. The molecule has 1 heterocycles. The molecule has 16 heavy (non-hydrogen) atoms. The van der Waals surface area contributed by atoms with Crippen LogP contribution in [0.1, 0.15) is 20.8 Å². The third-order valence-corrected chi connectivity index (χ3v) is 2.73. The van der Waals surface area contributed by atoms with Gasteiger partial charge in [0.25, 0.3) is 0 Å². The van der Waals surface area contributed by atoms with Gasteiger partial charge >= 0.3 is 0 Å². The highest BCUT2D eigenvalue weighted by atomic mass is 15.0. The molecule has 0 unspecified atom stereocenters. The van der Waals surface area contributed by atoms with Crippen molar-refractivity contribution in [2.24, 2.45) is 5.92 Å². The molecule has 0 radical (unpaired) electrons. The first-order valence-corrected chi connectivity index (χ1v) is 5.70. The van der Waals surface area contributed by atoms with Gasteiger partial charge in [0.15, 0.2) is 0 Å². The lowest BCUT2D eigenvalue weighted by atomic mass is 10.0. The summed E-state index contributed by atoms with van der Waals surface area (Å²) in [5, 5.41) is 0. The molecule has 0 spiro atoms. The van der Waals surface area contributed by atoms with Gasteiger partial charge in [-0.2, -0.15) is 0 Å². The van der Waals surface area contributed by atoms with E-state index in [0.29, 0.717) is 5.92 Å². The van der Waals surface area contributed by atoms with Gasteiger partial charge in [-0.1, -0.05) is 48.5 Å². The van der Waals surface area contributed by atoms with Crippen LogP contribution < -0.4 is 0 Å². The van der Waals surface area contributed by atoms with E-state index >= 15 is 0 Å². The first-order chi connectivity index (χ1) is 7.59. The van der Waals surface area contributed by atoms with Crippen molar-refractivity contribution in [1.82, 2.24) is 4.90 Å². The normalized spacial score (nSPS) is 29.5. The topological polar surface area (TPSA) is 3.24 Å². The lowest BCUT2D eigenvalue weighted by molar-refractivity contribution is 0.617. The van der Waals surface area contributed by atoms with Crippen molar-refractivity contribution in [2.75, 3.05) is 7.05 Å². The van der Waals surface area contributed by atoms with Crippen LogP contribution in [0.4, 0.5) is 0 Å². The van der Waals surface area contributed by atoms with Crippen molar-refractivity contribution in [3.63, 3.8) is 0 Å². The number of nitrogens with zero attached hydrogens (tertiary/aromatic N) is 1. The molecule has 1 nitrogen and oxygen atoms in total. The molecule has 0 amide bonds. The van der Waals surface area contributed by atoms with Crippen LogP contribution in [0, 0.1) is 5.92 Å². The molecule has 0 aliphatic carbocycles. The van der Waals surface area contributed by atoms with E-state index in [1.165, 1.54) is 11.1 Å². The summed E-state index contributed by atoms with van der Waals surface area (Å²) in [6, 6.07) is 0. The Morgan fingerprint density at radius 2 is 1.81 bits per heavy atom. The molecule has 1 atom stereocenters. The first kappa shape index (κ1) is 12.6. The van der Waals surface area contributed by atoms with E-state index in [2.05, 4.69) is 74.5 Å². The second-order valence-corrected chi connectivity index (χ2v) is 4.32. The van der Waals surface area contributed by atoms with E-state index < -0.39 is 0 Å². The van der Waals surface area contributed by atoms with E-state index in [1.54, 1.807) is 0 Å². The largest absolute Gasteiger partial charge is 0.358 e. The van der Waals surface area contributed by atoms with E-state index in [4.69, 9.17) is 0 Å². The molecule has 0 bridgehead atoms. The van der Waals surface area contributed by atoms with Gasteiger partial charge < -0.3 is 4.90 Å². The third-order valence-electron chi connectivity index (χ3n) is 2.73. The number of hydrogen-bond acceptors (Lipinski definition) is 1. The molecule has 1 rings (SSSR count). The Labute approximate surface area is 99.2 Å². The predicted molar refractivity (Wildman–Crippen MR) is 71.9 cm³/mol. The highest BCUT2D eigenvalue weighted by Gasteiger charge is 1.98. The Hall–Kier alpha value is -1.50. The zero-order chi connectivity index (χ0) is 12.0. The molecule has 0 saturated heterocycles. The van der Waals surface area contributed by atoms with Gasteiger partial charge in [-0.25, -0.2) is 0 Å². The molecule has 0 fully saturated rings. The minimum atomic E-state index is 0.476. The van der Waals surface area contributed by atoms with Crippen molar-refractivity contribution in [3.05, 3.63) is 60.0 Å². The second-order valence-electron chi connectivity index (χ2n) is 4.32. The summed E-state index contributed by atoms with van der Waals surface area (Å²) >= 11 is 0. The van der Waals surface area contributed by atoms with Gasteiger partial charge in [0.05, 0.1) is 0 Å². The zero-order valence-electron chi connectivity index (χ0n) is 10.6. The zero-order valence-corrected chi connectivity index (χ0v) is 10.6. The van der Waals surface area contributed by atoms with Crippen molar-refractivity contribution in [1.29, 1.82) is 0 Å². The fourth-order valence-corrected chi connectivity index (χ4v) is 1.36. The summed E-state index contributed by atoms with van der Waals surface area (Å²) in [5.41, 5.74) is 2.63. The fraction of sp³-hybridized carbons (Fsp3) is 0.333. The van der Waals surface area contributed by atoms with Crippen LogP contribution in [0.15, 0.2) is 60.0 Å². The molecule has 0 aromatic heterocycles. The van der Waals surface area contributed by atoms with Crippen LogP contribution >= 0.6 is 0 Å². The van der Waals surface area contributed by atoms with E-state index in [9.17, 15) is 0 Å². The summed E-state index contributed by atoms with van der Waals surface area (Å²) < 4.78 is 0. The smallest absolute Gasteiger partial charge is 0.0106 e. The number of hydrogen-bond donors (Lipinski definition) is 0. The molecule has 0 saturated carbocycles. The molecule has 1 aliphatic rings. The van der Waals surface area contributed by atoms with E-state index in [1.807, 2.05) is 7.05 Å². The second kappa shape index (κ2) is 6.16. The molecular formula is C15H21N. The maximum atomic E-state index is 2.21. The van der Waals surface area contributed by atoms with Crippen LogP contribution in [-0.4, -0.2) is 11.9 Å². The number of rotatable bonds is 0. The summed E-state index contributed by atoms with van der Waals surface area (Å²) in [7, 11) is 2.05. The first-order valence-electron chi connectivity index (χ1n) is 5.70. The van der Waals surface area contributed by atoms with Crippen LogP contribution in [0.5, 0.6) is 0 Å². The van der Waals surface area contributed by atoms with Crippen LogP contribution in [0.25, 0.3) is 0 Å². The lowest BCUT2D eigenvalue weighted by Crippen LogP contribution is -2.01. The van der Waals surface area contributed by atoms with Crippen LogP contribution in [0.2, 0.25) is 0 Å². The van der Waals surface area contributed by atoms with E-state index in [-0.39, 0.29) is 0 Å². The average Bonchev–Trinajstić information content (AvgIpc) is 2.24. The Morgan fingerprint density at radius 3 is 2.56 bits per heavy atom. The van der Waals surface area contributed by atoms with Gasteiger partial charge in [0, 0.05) is 13.2 Å². The van der Waals surface area contributed by atoms with Crippen LogP contribution in [0.3, 0.4) is 0 Å². The average molecular weight is 215 g/mol. The Kier molecular flexibility index (Phi) is 4.84. The lowest BCUT2D eigenvalue weighted by Gasteiger charge is -2.10. The third kappa shape index (κ3) is 4.35. The van der Waals surface area contributed by atoms with Crippen molar-refractivity contribution in [3.8, 4) is 0 Å². The monoisotopic (exact) mass is 215 g/mol. The van der Waals surface area contributed by atoms with Crippen LogP contribution in [-0.2, 0) is 0 Å². The van der Waals surface area contributed by atoms with Gasteiger partial charge in [-0.15, -0.1) is 0 Å². The fourth-order valence-electron chi connectivity index (χ4n) is 1.36. The summed E-state index contributed by atoms with van der Waals surface area (Å²) in [6.07, 6.45) is 17.0. The Bertz CT molecular complexity index is 367. The highest BCUT2D eigenvalue weighted by Crippen LogP contribution is 2.12. The summed E-state index contributed by atoms with van der Waals surface area (Å²) in [6.45, 7) is 6.48. The summed E-state index contributed by atoms with van der Waals surface area (Å²) in [4.78, 5) is 2.07. The molecule has 1 heteroatoms. The molecule has 0 N–H and O–H groups in total. The maximum Gasteiger partial charge on any atom is 0.0106 e. The molecule has 1 aliphatic heterocycles. The molecular weight excluding hydrogens is 194 g/mol. The highest BCUT2D eigenvalue weighted by molar-refractivity contribution is 5.27. The number of allylic oxidation sites excluding steroid dienone is 8. The van der Waals surface area contributed by atoms with Gasteiger partial charge in [0.1, 0.15) is 0 Å². The predicted octanol–water partition coefficient (Wildman–Crippen LogP) is 4.04. The maximum absolute atomic E-state index is 2.21.